The van der Waals surface area contributed by atoms with Gasteiger partial charge in [0.05, 0.1) is 5.92 Å². The van der Waals surface area contributed by atoms with Crippen molar-refractivity contribution in [3.8, 4) is 0 Å². The number of carboxylic acids is 2. The van der Waals surface area contributed by atoms with Gasteiger partial charge in [-0.15, -0.1) is 0 Å². The van der Waals surface area contributed by atoms with Crippen LogP contribution in [0.5, 0.6) is 0 Å². The van der Waals surface area contributed by atoms with Gasteiger partial charge < -0.3 is 10.2 Å². The van der Waals surface area contributed by atoms with Crippen LogP contribution in [0.4, 0.5) is 13.2 Å². The third-order valence-corrected chi connectivity index (χ3v) is 2.15. The molecule has 1 rings (SSSR count). The molecule has 1 fully saturated rings. The van der Waals surface area contributed by atoms with E-state index in [9.17, 15) is 22.8 Å². The van der Waals surface area contributed by atoms with Crippen LogP contribution in [0.2, 0.25) is 0 Å². The Kier molecular flexibility index (Phi) is 1.78. The number of alkyl halides is 3. The lowest BCUT2D eigenvalue weighted by atomic mass is 10.0. The zero-order chi connectivity index (χ0) is 10.4. The molecule has 4 nitrogen and oxygen atoms in total. The van der Waals surface area contributed by atoms with E-state index < -0.39 is 35.9 Å². The topological polar surface area (TPSA) is 74.6 Å². The molecule has 0 saturated heterocycles. The first-order chi connectivity index (χ1) is 5.73. The van der Waals surface area contributed by atoms with Crippen molar-refractivity contribution in [3.63, 3.8) is 0 Å². The molecule has 0 amide bonds. The van der Waals surface area contributed by atoms with Gasteiger partial charge in [0.25, 0.3) is 0 Å². The first-order valence-electron chi connectivity index (χ1n) is 3.26. The average Bonchev–Trinajstić information content (AvgIpc) is 2.57. The van der Waals surface area contributed by atoms with Crippen LogP contribution in [0.25, 0.3) is 0 Å². The van der Waals surface area contributed by atoms with Crippen molar-refractivity contribution in [1.29, 1.82) is 0 Å². The van der Waals surface area contributed by atoms with Gasteiger partial charge in [-0.3, -0.25) is 9.59 Å². The summed E-state index contributed by atoms with van der Waals surface area (Å²) in [5.41, 5.74) is -3.06. The highest BCUT2D eigenvalue weighted by atomic mass is 19.4. The standard InChI is InChI=1S/C6H5F3O4/c7-6(8,9)5(4(12)13)1-2(5)3(10)11/h2H,1H2,(H,10,11)(H,12,13)/t2-,5-/m1/s1. The summed E-state index contributed by atoms with van der Waals surface area (Å²) in [7, 11) is 0. The van der Waals surface area contributed by atoms with E-state index >= 15 is 0 Å². The molecule has 0 aliphatic heterocycles. The molecule has 13 heavy (non-hydrogen) atoms. The van der Waals surface area contributed by atoms with Crippen LogP contribution in [0, 0.1) is 11.3 Å². The van der Waals surface area contributed by atoms with E-state index in [2.05, 4.69) is 0 Å². The molecule has 0 heterocycles. The van der Waals surface area contributed by atoms with Gasteiger partial charge in [0.1, 0.15) is 0 Å². The summed E-state index contributed by atoms with van der Waals surface area (Å²) in [4.78, 5) is 20.4. The van der Waals surface area contributed by atoms with Gasteiger partial charge in [-0.1, -0.05) is 0 Å². The van der Waals surface area contributed by atoms with Crippen molar-refractivity contribution in [2.45, 2.75) is 12.6 Å². The Morgan fingerprint density at radius 2 is 1.77 bits per heavy atom. The summed E-state index contributed by atoms with van der Waals surface area (Å²) in [5.74, 6) is -5.68. The average molecular weight is 198 g/mol. The molecule has 2 N–H and O–H groups in total. The highest BCUT2D eigenvalue weighted by Gasteiger charge is 2.78. The van der Waals surface area contributed by atoms with Gasteiger partial charge in [-0.2, -0.15) is 13.2 Å². The Hall–Kier alpha value is -1.27. The Labute approximate surface area is 70.0 Å². The summed E-state index contributed by atoms with van der Waals surface area (Å²) < 4.78 is 36.3. The van der Waals surface area contributed by atoms with E-state index in [-0.39, 0.29) is 0 Å². The largest absolute Gasteiger partial charge is 0.481 e. The molecule has 1 saturated carbocycles. The summed E-state index contributed by atoms with van der Waals surface area (Å²) >= 11 is 0. The van der Waals surface area contributed by atoms with Crippen molar-refractivity contribution >= 4 is 11.9 Å². The van der Waals surface area contributed by atoms with Crippen molar-refractivity contribution < 1.29 is 33.0 Å². The number of aliphatic carboxylic acids is 2. The fraction of sp³-hybridized carbons (Fsp3) is 0.667. The van der Waals surface area contributed by atoms with E-state index in [1.54, 1.807) is 0 Å². The highest BCUT2D eigenvalue weighted by Crippen LogP contribution is 2.62. The second-order valence-corrected chi connectivity index (χ2v) is 2.87. The van der Waals surface area contributed by atoms with Gasteiger partial charge in [0.15, 0.2) is 5.41 Å². The summed E-state index contributed by atoms with van der Waals surface area (Å²) in [6.07, 6.45) is -5.87. The molecule has 2 atom stereocenters. The lowest BCUT2D eigenvalue weighted by molar-refractivity contribution is -0.208. The Morgan fingerprint density at radius 1 is 1.31 bits per heavy atom. The number of hydrogen-bond donors (Lipinski definition) is 2. The van der Waals surface area contributed by atoms with Crippen LogP contribution in [0.3, 0.4) is 0 Å². The maximum atomic E-state index is 12.1. The number of halogens is 3. The number of carboxylic acid groups (broad SMARTS) is 2. The van der Waals surface area contributed by atoms with Crippen LogP contribution in [0.1, 0.15) is 6.42 Å². The van der Waals surface area contributed by atoms with E-state index in [0.717, 1.165) is 0 Å². The van der Waals surface area contributed by atoms with E-state index in [0.29, 0.717) is 0 Å². The predicted octanol–water partition coefficient (Wildman–Crippen LogP) is 0.724. The van der Waals surface area contributed by atoms with Gasteiger partial charge in [-0.25, -0.2) is 0 Å². The second-order valence-electron chi connectivity index (χ2n) is 2.87. The second kappa shape index (κ2) is 2.36. The zero-order valence-electron chi connectivity index (χ0n) is 6.13. The normalized spacial score (nSPS) is 32.7. The fourth-order valence-electron chi connectivity index (χ4n) is 1.23. The lowest BCUT2D eigenvalue weighted by Gasteiger charge is -2.14. The van der Waals surface area contributed by atoms with Gasteiger partial charge in [0, 0.05) is 0 Å². The summed E-state index contributed by atoms with van der Waals surface area (Å²) in [6, 6.07) is 0. The van der Waals surface area contributed by atoms with Crippen molar-refractivity contribution in [2.24, 2.45) is 11.3 Å². The predicted molar refractivity (Wildman–Crippen MR) is 31.9 cm³/mol. The monoisotopic (exact) mass is 198 g/mol. The highest BCUT2D eigenvalue weighted by molar-refractivity contribution is 5.90. The van der Waals surface area contributed by atoms with E-state index in [1.807, 2.05) is 0 Å². The van der Waals surface area contributed by atoms with Crippen LogP contribution >= 0.6 is 0 Å². The number of hydrogen-bond acceptors (Lipinski definition) is 2. The Bertz CT molecular complexity index is 272. The molecule has 0 radical (unpaired) electrons. The van der Waals surface area contributed by atoms with Crippen molar-refractivity contribution in [1.82, 2.24) is 0 Å². The smallest absolute Gasteiger partial charge is 0.405 e. The summed E-state index contributed by atoms with van der Waals surface area (Å²) in [6.45, 7) is 0. The van der Waals surface area contributed by atoms with Crippen molar-refractivity contribution in [3.05, 3.63) is 0 Å². The van der Waals surface area contributed by atoms with E-state index in [1.165, 1.54) is 0 Å². The SMILES string of the molecule is O=C(O)[C@H]1C[C@@]1(C(=O)O)C(F)(F)F. The fourth-order valence-corrected chi connectivity index (χ4v) is 1.23. The Balaban J connectivity index is 2.97. The molecule has 0 spiro atoms. The Morgan fingerprint density at radius 3 is 1.85 bits per heavy atom. The number of rotatable bonds is 2. The molecule has 0 unspecified atom stereocenters. The zero-order valence-corrected chi connectivity index (χ0v) is 6.13. The van der Waals surface area contributed by atoms with Crippen LogP contribution in [0.15, 0.2) is 0 Å². The van der Waals surface area contributed by atoms with Gasteiger partial charge in [-0.05, 0) is 6.42 Å². The molecular weight excluding hydrogens is 193 g/mol. The molecule has 7 heteroatoms. The number of carbonyl (C=O) groups is 2. The molecule has 0 aromatic rings. The molecule has 1 aliphatic carbocycles. The summed E-state index contributed by atoms with van der Waals surface area (Å²) in [5, 5.41) is 16.5. The maximum Gasteiger partial charge on any atom is 0.405 e. The maximum absolute atomic E-state index is 12.1. The minimum atomic E-state index is -5.00. The minimum Gasteiger partial charge on any atom is -0.481 e. The van der Waals surface area contributed by atoms with Crippen LogP contribution in [-0.2, 0) is 9.59 Å². The van der Waals surface area contributed by atoms with Crippen LogP contribution < -0.4 is 0 Å². The van der Waals surface area contributed by atoms with E-state index in [4.69, 9.17) is 10.2 Å². The van der Waals surface area contributed by atoms with Gasteiger partial charge in [0.2, 0.25) is 0 Å². The quantitative estimate of drug-likeness (QED) is 0.685. The minimum absolute atomic E-state index is 0.874. The molecule has 1 aliphatic rings. The van der Waals surface area contributed by atoms with Gasteiger partial charge >= 0.3 is 18.1 Å². The molecule has 0 aromatic heterocycles. The third kappa shape index (κ3) is 1.14. The first-order valence-corrected chi connectivity index (χ1v) is 3.26. The molecule has 0 bridgehead atoms. The third-order valence-electron chi connectivity index (χ3n) is 2.15. The van der Waals surface area contributed by atoms with Crippen molar-refractivity contribution in [2.75, 3.05) is 0 Å². The lowest BCUT2D eigenvalue weighted by Crippen LogP contribution is -2.36. The molecular formula is C6H5F3O4. The first kappa shape index (κ1) is 9.82. The molecule has 74 valence electrons. The molecule has 0 aromatic carbocycles. The van der Waals surface area contributed by atoms with Crippen LogP contribution in [-0.4, -0.2) is 28.3 Å².